The van der Waals surface area contributed by atoms with Gasteiger partial charge in [0.2, 0.25) is 5.95 Å². The van der Waals surface area contributed by atoms with Crippen molar-refractivity contribution < 1.29 is 13.9 Å². The van der Waals surface area contributed by atoms with Crippen molar-refractivity contribution in [2.24, 2.45) is 0 Å². The van der Waals surface area contributed by atoms with E-state index < -0.39 is 0 Å². The van der Waals surface area contributed by atoms with Crippen LogP contribution in [0.1, 0.15) is 23.2 Å². The molecular formula is C21H25N5O3. The van der Waals surface area contributed by atoms with Crippen molar-refractivity contribution in [1.82, 2.24) is 14.9 Å². The molecule has 1 aromatic carbocycles. The molecule has 0 atom stereocenters. The number of para-hydroxylation sites is 1. The number of rotatable bonds is 5. The minimum absolute atomic E-state index is 0.110. The van der Waals surface area contributed by atoms with Crippen molar-refractivity contribution in [3.05, 3.63) is 41.8 Å². The molecule has 0 unspecified atom stereocenters. The zero-order valence-corrected chi connectivity index (χ0v) is 16.9. The third kappa shape index (κ3) is 3.83. The Morgan fingerprint density at radius 2 is 2.00 bits per heavy atom. The lowest BCUT2D eigenvalue weighted by Crippen LogP contribution is -2.49. The van der Waals surface area contributed by atoms with Gasteiger partial charge in [0, 0.05) is 49.9 Å². The molecule has 0 bridgehead atoms. The van der Waals surface area contributed by atoms with Gasteiger partial charge in [-0.15, -0.1) is 0 Å². The van der Waals surface area contributed by atoms with Gasteiger partial charge in [0.25, 0.3) is 5.91 Å². The maximum absolute atomic E-state index is 12.9. The van der Waals surface area contributed by atoms with Crippen LogP contribution in [0.25, 0.3) is 11.0 Å². The van der Waals surface area contributed by atoms with E-state index >= 15 is 0 Å². The van der Waals surface area contributed by atoms with Crippen LogP contribution in [-0.2, 0) is 0 Å². The van der Waals surface area contributed by atoms with E-state index in [4.69, 9.17) is 9.15 Å². The highest BCUT2D eigenvalue weighted by Crippen LogP contribution is 2.29. The third-order valence-electron chi connectivity index (χ3n) is 4.99. The molecule has 4 rings (SSSR count). The van der Waals surface area contributed by atoms with Gasteiger partial charge in [-0.25, -0.2) is 4.98 Å². The minimum Gasteiger partial charge on any atom is -0.493 e. The normalized spacial score (nSPS) is 14.3. The number of carbonyl (C=O) groups excluding carboxylic acids is 1. The minimum atomic E-state index is -0.110. The summed E-state index contributed by atoms with van der Waals surface area (Å²) in [7, 11) is 1.59. The molecule has 1 fully saturated rings. The van der Waals surface area contributed by atoms with Crippen LogP contribution in [0.4, 0.5) is 11.8 Å². The van der Waals surface area contributed by atoms with Crippen LogP contribution >= 0.6 is 0 Å². The molecule has 0 saturated carbocycles. The van der Waals surface area contributed by atoms with Crippen LogP contribution in [0.2, 0.25) is 0 Å². The number of piperazine rings is 1. The number of nitrogens with zero attached hydrogens (tertiary/aromatic N) is 4. The number of anilines is 2. The molecule has 0 radical (unpaired) electrons. The standard InChI is InChI=1S/C21H25N5O3/c1-4-22-18-12-14(2)23-21(24-18)26-10-8-25(9-11-26)20(27)17-13-15-6-5-7-16(28-3)19(15)29-17/h5-7,12-13H,4,8-11H2,1-3H3,(H,22,23,24). The van der Waals surface area contributed by atoms with Gasteiger partial charge in [-0.05, 0) is 26.0 Å². The molecule has 3 aromatic rings. The topological polar surface area (TPSA) is 83.7 Å². The van der Waals surface area contributed by atoms with Gasteiger partial charge >= 0.3 is 0 Å². The summed E-state index contributed by atoms with van der Waals surface area (Å²) in [6.07, 6.45) is 0. The van der Waals surface area contributed by atoms with Crippen molar-refractivity contribution in [3.8, 4) is 5.75 Å². The Balaban J connectivity index is 1.46. The number of fused-ring (bicyclic) bond motifs is 1. The number of aryl methyl sites for hydroxylation is 1. The van der Waals surface area contributed by atoms with E-state index in [0.717, 1.165) is 23.4 Å². The first kappa shape index (κ1) is 19.0. The Morgan fingerprint density at radius 3 is 2.72 bits per heavy atom. The van der Waals surface area contributed by atoms with E-state index in [9.17, 15) is 4.79 Å². The molecule has 8 heteroatoms. The fourth-order valence-corrected chi connectivity index (χ4v) is 3.53. The number of furan rings is 1. The SMILES string of the molecule is CCNc1cc(C)nc(N2CCN(C(=O)c3cc4cccc(OC)c4o3)CC2)n1. The van der Waals surface area contributed by atoms with E-state index in [-0.39, 0.29) is 5.91 Å². The predicted octanol–water partition coefficient (Wildman–Crippen LogP) is 2.93. The Hall–Kier alpha value is -3.29. The maximum Gasteiger partial charge on any atom is 0.289 e. The van der Waals surface area contributed by atoms with Crippen molar-refractivity contribution >= 4 is 28.6 Å². The van der Waals surface area contributed by atoms with Gasteiger partial charge in [-0.1, -0.05) is 12.1 Å². The Kier molecular flexibility index (Phi) is 5.24. The lowest BCUT2D eigenvalue weighted by atomic mass is 10.2. The van der Waals surface area contributed by atoms with Crippen molar-refractivity contribution in [3.63, 3.8) is 0 Å². The molecule has 8 nitrogen and oxygen atoms in total. The summed E-state index contributed by atoms with van der Waals surface area (Å²) in [6, 6.07) is 9.32. The van der Waals surface area contributed by atoms with Crippen LogP contribution in [0.15, 0.2) is 34.7 Å². The van der Waals surface area contributed by atoms with Crippen molar-refractivity contribution in [2.75, 3.05) is 50.1 Å². The predicted molar refractivity (Wildman–Crippen MR) is 112 cm³/mol. The molecular weight excluding hydrogens is 370 g/mol. The maximum atomic E-state index is 12.9. The number of nitrogens with one attached hydrogen (secondary N) is 1. The zero-order valence-electron chi connectivity index (χ0n) is 16.9. The summed E-state index contributed by atoms with van der Waals surface area (Å²) >= 11 is 0. The Labute approximate surface area is 169 Å². The molecule has 0 spiro atoms. The lowest BCUT2D eigenvalue weighted by molar-refractivity contribution is 0.0716. The van der Waals surface area contributed by atoms with Crippen LogP contribution in [0.5, 0.6) is 5.75 Å². The average Bonchev–Trinajstić information content (AvgIpc) is 3.17. The molecule has 1 aliphatic heterocycles. The molecule has 3 heterocycles. The highest BCUT2D eigenvalue weighted by atomic mass is 16.5. The van der Waals surface area contributed by atoms with E-state index in [0.29, 0.717) is 49.2 Å². The summed E-state index contributed by atoms with van der Waals surface area (Å²) in [5, 5.41) is 4.09. The van der Waals surface area contributed by atoms with E-state index in [1.807, 2.05) is 43.0 Å². The number of aromatic nitrogens is 2. The number of hydrogen-bond donors (Lipinski definition) is 1. The molecule has 2 aromatic heterocycles. The number of hydrogen-bond acceptors (Lipinski definition) is 7. The van der Waals surface area contributed by atoms with E-state index in [2.05, 4.69) is 20.2 Å². The first-order chi connectivity index (χ1) is 14.1. The third-order valence-corrected chi connectivity index (χ3v) is 4.99. The number of amides is 1. The number of ether oxygens (including phenoxy) is 1. The number of benzene rings is 1. The molecule has 0 aliphatic carbocycles. The summed E-state index contributed by atoms with van der Waals surface area (Å²) < 4.78 is 11.1. The highest BCUT2D eigenvalue weighted by molar-refractivity contribution is 5.97. The van der Waals surface area contributed by atoms with Gasteiger partial charge in [-0.3, -0.25) is 4.79 Å². The highest BCUT2D eigenvalue weighted by Gasteiger charge is 2.26. The number of carbonyl (C=O) groups is 1. The fraction of sp³-hybridized carbons (Fsp3) is 0.381. The second-order valence-corrected chi connectivity index (χ2v) is 6.99. The van der Waals surface area contributed by atoms with Gasteiger partial charge in [-0.2, -0.15) is 4.98 Å². The van der Waals surface area contributed by atoms with Crippen LogP contribution in [-0.4, -0.2) is 60.6 Å². The average molecular weight is 395 g/mol. The van der Waals surface area contributed by atoms with E-state index in [1.165, 1.54) is 0 Å². The molecule has 1 aliphatic rings. The fourth-order valence-electron chi connectivity index (χ4n) is 3.53. The lowest BCUT2D eigenvalue weighted by Gasteiger charge is -2.34. The summed E-state index contributed by atoms with van der Waals surface area (Å²) in [5.41, 5.74) is 1.52. The second-order valence-electron chi connectivity index (χ2n) is 6.99. The van der Waals surface area contributed by atoms with Crippen LogP contribution in [0.3, 0.4) is 0 Å². The van der Waals surface area contributed by atoms with Crippen LogP contribution < -0.4 is 15.0 Å². The van der Waals surface area contributed by atoms with Crippen molar-refractivity contribution in [1.29, 1.82) is 0 Å². The second kappa shape index (κ2) is 7.98. The van der Waals surface area contributed by atoms with Crippen molar-refractivity contribution in [2.45, 2.75) is 13.8 Å². The first-order valence-corrected chi connectivity index (χ1v) is 9.79. The molecule has 29 heavy (non-hydrogen) atoms. The quantitative estimate of drug-likeness (QED) is 0.711. The zero-order chi connectivity index (χ0) is 20.4. The molecule has 1 N–H and O–H groups in total. The monoisotopic (exact) mass is 395 g/mol. The largest absolute Gasteiger partial charge is 0.493 e. The molecule has 1 saturated heterocycles. The first-order valence-electron chi connectivity index (χ1n) is 9.79. The molecule has 1 amide bonds. The summed E-state index contributed by atoms with van der Waals surface area (Å²) in [6.45, 7) is 7.31. The summed E-state index contributed by atoms with van der Waals surface area (Å²) in [5.74, 6) is 2.37. The van der Waals surface area contributed by atoms with Gasteiger partial charge in [0.05, 0.1) is 7.11 Å². The van der Waals surface area contributed by atoms with Gasteiger partial charge < -0.3 is 24.3 Å². The number of methoxy groups -OCH3 is 1. The van der Waals surface area contributed by atoms with E-state index in [1.54, 1.807) is 13.2 Å². The summed E-state index contributed by atoms with van der Waals surface area (Å²) in [4.78, 5) is 26.0. The smallest absolute Gasteiger partial charge is 0.289 e. The van der Waals surface area contributed by atoms with Crippen LogP contribution in [0, 0.1) is 6.92 Å². The van der Waals surface area contributed by atoms with Gasteiger partial charge in [0.15, 0.2) is 17.1 Å². The Morgan fingerprint density at radius 1 is 1.21 bits per heavy atom. The molecule has 152 valence electrons. The van der Waals surface area contributed by atoms with Gasteiger partial charge in [0.1, 0.15) is 5.82 Å². The Bertz CT molecular complexity index is 1020.